The molecule has 1 aromatic heterocycles. The molecule has 0 aliphatic carbocycles. The standard InChI is InChI=1S/C26H25NO3/c1-2-3-16-29-23-14-8-19(9-15-23)17-26(28)27-22-12-10-20(11-13-22)25-18-21-6-4-5-7-24(21)30-25/h4-15,18H,2-3,16-17H2,1H3,(H,27,28). The molecule has 4 nitrogen and oxygen atoms in total. The summed E-state index contributed by atoms with van der Waals surface area (Å²) in [5.74, 6) is 1.61. The fourth-order valence-electron chi connectivity index (χ4n) is 3.27. The van der Waals surface area contributed by atoms with Gasteiger partial charge in [0.1, 0.15) is 17.1 Å². The molecule has 0 atom stereocenters. The first kappa shape index (κ1) is 19.8. The molecule has 30 heavy (non-hydrogen) atoms. The summed E-state index contributed by atoms with van der Waals surface area (Å²) in [5, 5.41) is 4.03. The number of nitrogens with one attached hydrogen (secondary N) is 1. The minimum Gasteiger partial charge on any atom is -0.494 e. The number of fused-ring (bicyclic) bond motifs is 1. The van der Waals surface area contributed by atoms with Gasteiger partial charge in [0.15, 0.2) is 0 Å². The van der Waals surface area contributed by atoms with Crippen molar-refractivity contribution in [3.8, 4) is 17.1 Å². The van der Waals surface area contributed by atoms with Gasteiger partial charge in [-0.2, -0.15) is 0 Å². The topological polar surface area (TPSA) is 51.5 Å². The van der Waals surface area contributed by atoms with Crippen molar-refractivity contribution in [2.75, 3.05) is 11.9 Å². The summed E-state index contributed by atoms with van der Waals surface area (Å²) in [6, 6.07) is 25.4. The number of ether oxygens (including phenoxy) is 1. The SMILES string of the molecule is CCCCOc1ccc(CC(=O)Nc2ccc(-c3cc4ccccc4o3)cc2)cc1. The van der Waals surface area contributed by atoms with Gasteiger partial charge in [-0.3, -0.25) is 4.79 Å². The van der Waals surface area contributed by atoms with Crippen LogP contribution in [0.4, 0.5) is 5.69 Å². The second kappa shape index (κ2) is 9.31. The van der Waals surface area contributed by atoms with Crippen LogP contribution in [0.25, 0.3) is 22.3 Å². The maximum absolute atomic E-state index is 12.4. The molecular weight excluding hydrogens is 374 g/mol. The normalized spacial score (nSPS) is 10.8. The quantitative estimate of drug-likeness (QED) is 0.346. The molecule has 0 bridgehead atoms. The van der Waals surface area contributed by atoms with Crippen LogP contribution in [0.2, 0.25) is 0 Å². The summed E-state index contributed by atoms with van der Waals surface area (Å²) in [6.45, 7) is 2.86. The van der Waals surface area contributed by atoms with E-state index in [4.69, 9.17) is 9.15 Å². The summed E-state index contributed by atoms with van der Waals surface area (Å²) in [5.41, 5.74) is 3.56. The smallest absolute Gasteiger partial charge is 0.228 e. The fraction of sp³-hybridized carbons (Fsp3) is 0.192. The molecule has 3 aromatic carbocycles. The Morgan fingerprint density at radius 3 is 2.47 bits per heavy atom. The average molecular weight is 399 g/mol. The van der Waals surface area contributed by atoms with Gasteiger partial charge in [-0.25, -0.2) is 0 Å². The van der Waals surface area contributed by atoms with Gasteiger partial charge < -0.3 is 14.5 Å². The Morgan fingerprint density at radius 2 is 1.73 bits per heavy atom. The van der Waals surface area contributed by atoms with Crippen LogP contribution in [0.5, 0.6) is 5.75 Å². The molecular formula is C26H25NO3. The lowest BCUT2D eigenvalue weighted by molar-refractivity contribution is -0.115. The van der Waals surface area contributed by atoms with Crippen LogP contribution in [-0.2, 0) is 11.2 Å². The van der Waals surface area contributed by atoms with E-state index < -0.39 is 0 Å². The Bertz CT molecular complexity index is 1080. The number of unbranched alkanes of at least 4 members (excludes halogenated alkanes) is 1. The molecule has 0 fully saturated rings. The number of anilines is 1. The maximum atomic E-state index is 12.4. The predicted molar refractivity (Wildman–Crippen MR) is 121 cm³/mol. The van der Waals surface area contributed by atoms with Gasteiger partial charge in [0.25, 0.3) is 0 Å². The number of benzene rings is 3. The molecule has 4 aromatic rings. The van der Waals surface area contributed by atoms with Crippen molar-refractivity contribution in [3.63, 3.8) is 0 Å². The first-order chi connectivity index (χ1) is 14.7. The third kappa shape index (κ3) is 4.90. The van der Waals surface area contributed by atoms with Crippen LogP contribution in [0, 0.1) is 0 Å². The number of hydrogen-bond donors (Lipinski definition) is 1. The molecule has 0 aliphatic heterocycles. The largest absolute Gasteiger partial charge is 0.494 e. The highest BCUT2D eigenvalue weighted by atomic mass is 16.5. The lowest BCUT2D eigenvalue weighted by atomic mass is 10.1. The first-order valence-corrected chi connectivity index (χ1v) is 10.3. The molecule has 4 rings (SSSR count). The Kier molecular flexibility index (Phi) is 6.14. The van der Waals surface area contributed by atoms with Gasteiger partial charge in [0.05, 0.1) is 13.0 Å². The third-order valence-corrected chi connectivity index (χ3v) is 4.93. The van der Waals surface area contributed by atoms with Crippen molar-refractivity contribution in [2.24, 2.45) is 0 Å². The van der Waals surface area contributed by atoms with E-state index in [2.05, 4.69) is 12.2 Å². The van der Waals surface area contributed by atoms with E-state index in [1.807, 2.05) is 78.9 Å². The zero-order valence-electron chi connectivity index (χ0n) is 17.1. The average Bonchev–Trinajstić information content (AvgIpc) is 3.20. The number of para-hydroxylation sites is 1. The van der Waals surface area contributed by atoms with Crippen LogP contribution in [0.3, 0.4) is 0 Å². The molecule has 0 unspecified atom stereocenters. The number of carbonyl (C=O) groups is 1. The van der Waals surface area contributed by atoms with E-state index in [1.54, 1.807) is 0 Å². The molecule has 0 radical (unpaired) electrons. The summed E-state index contributed by atoms with van der Waals surface area (Å²) in [4.78, 5) is 12.4. The van der Waals surface area contributed by atoms with Crippen LogP contribution in [0.15, 0.2) is 83.3 Å². The highest BCUT2D eigenvalue weighted by Crippen LogP contribution is 2.28. The van der Waals surface area contributed by atoms with Crippen molar-refractivity contribution in [3.05, 3.63) is 84.4 Å². The molecule has 0 aliphatic rings. The van der Waals surface area contributed by atoms with Crippen LogP contribution in [0.1, 0.15) is 25.3 Å². The van der Waals surface area contributed by atoms with Gasteiger partial charge in [0.2, 0.25) is 5.91 Å². The lowest BCUT2D eigenvalue weighted by Crippen LogP contribution is -2.14. The van der Waals surface area contributed by atoms with Crippen molar-refractivity contribution < 1.29 is 13.9 Å². The van der Waals surface area contributed by atoms with E-state index in [-0.39, 0.29) is 5.91 Å². The van der Waals surface area contributed by atoms with Crippen LogP contribution >= 0.6 is 0 Å². The van der Waals surface area contributed by atoms with Gasteiger partial charge in [-0.15, -0.1) is 0 Å². The zero-order valence-corrected chi connectivity index (χ0v) is 17.1. The van der Waals surface area contributed by atoms with Crippen molar-refractivity contribution >= 4 is 22.6 Å². The Labute approximate surface area is 176 Å². The van der Waals surface area contributed by atoms with Gasteiger partial charge in [-0.1, -0.05) is 43.7 Å². The number of amides is 1. The summed E-state index contributed by atoms with van der Waals surface area (Å²) in [7, 11) is 0. The fourth-order valence-corrected chi connectivity index (χ4v) is 3.27. The molecule has 0 saturated carbocycles. The maximum Gasteiger partial charge on any atom is 0.228 e. The van der Waals surface area contributed by atoms with E-state index >= 15 is 0 Å². The van der Waals surface area contributed by atoms with Crippen molar-refractivity contribution in [1.82, 2.24) is 0 Å². The van der Waals surface area contributed by atoms with Gasteiger partial charge >= 0.3 is 0 Å². The van der Waals surface area contributed by atoms with Gasteiger partial charge in [0, 0.05) is 16.6 Å². The van der Waals surface area contributed by atoms with E-state index in [0.29, 0.717) is 6.42 Å². The highest BCUT2D eigenvalue weighted by Gasteiger charge is 2.08. The third-order valence-electron chi connectivity index (χ3n) is 4.93. The zero-order chi connectivity index (χ0) is 20.8. The van der Waals surface area contributed by atoms with Crippen molar-refractivity contribution in [1.29, 1.82) is 0 Å². The van der Waals surface area contributed by atoms with E-state index in [1.165, 1.54) is 0 Å². The lowest BCUT2D eigenvalue weighted by Gasteiger charge is -2.08. The van der Waals surface area contributed by atoms with Gasteiger partial charge in [-0.05, 0) is 60.5 Å². The second-order valence-electron chi connectivity index (χ2n) is 7.30. The van der Waals surface area contributed by atoms with Crippen LogP contribution < -0.4 is 10.1 Å². The molecule has 1 N–H and O–H groups in total. The summed E-state index contributed by atoms with van der Waals surface area (Å²) < 4.78 is 11.6. The van der Waals surface area contributed by atoms with E-state index in [9.17, 15) is 4.79 Å². The molecule has 152 valence electrons. The molecule has 4 heteroatoms. The Balaban J connectivity index is 1.34. The number of hydrogen-bond acceptors (Lipinski definition) is 3. The Hall–Kier alpha value is -3.53. The van der Waals surface area contributed by atoms with E-state index in [0.717, 1.165) is 58.7 Å². The molecule has 0 spiro atoms. The minimum atomic E-state index is -0.0499. The second-order valence-corrected chi connectivity index (χ2v) is 7.30. The monoisotopic (exact) mass is 399 g/mol. The molecule has 1 heterocycles. The number of carbonyl (C=O) groups excluding carboxylic acids is 1. The minimum absolute atomic E-state index is 0.0499. The molecule has 0 saturated heterocycles. The number of furan rings is 1. The predicted octanol–water partition coefficient (Wildman–Crippen LogP) is 6.46. The highest BCUT2D eigenvalue weighted by molar-refractivity contribution is 5.92. The Morgan fingerprint density at radius 1 is 0.967 bits per heavy atom. The van der Waals surface area contributed by atoms with Crippen molar-refractivity contribution in [2.45, 2.75) is 26.2 Å². The first-order valence-electron chi connectivity index (χ1n) is 10.3. The van der Waals surface area contributed by atoms with Crippen LogP contribution in [-0.4, -0.2) is 12.5 Å². The molecule has 1 amide bonds. The summed E-state index contributed by atoms with van der Waals surface area (Å²) >= 11 is 0. The summed E-state index contributed by atoms with van der Waals surface area (Å²) in [6.07, 6.45) is 2.47. The number of rotatable bonds is 8.